The van der Waals surface area contributed by atoms with Crippen molar-refractivity contribution in [2.24, 2.45) is 0 Å². The van der Waals surface area contributed by atoms with E-state index in [9.17, 15) is 0 Å². The molecule has 4 rings (SSSR count). The van der Waals surface area contributed by atoms with Crippen LogP contribution in [0.2, 0.25) is 0 Å². The van der Waals surface area contributed by atoms with Crippen LogP contribution in [0.4, 0.5) is 5.82 Å². The topological polar surface area (TPSA) is 80.9 Å². The van der Waals surface area contributed by atoms with E-state index in [0.29, 0.717) is 11.6 Å². The Hall–Kier alpha value is -2.61. The van der Waals surface area contributed by atoms with Crippen molar-refractivity contribution in [3.63, 3.8) is 0 Å². The van der Waals surface area contributed by atoms with Crippen molar-refractivity contribution in [2.75, 3.05) is 11.9 Å². The van der Waals surface area contributed by atoms with Gasteiger partial charge in [-0.15, -0.1) is 26.2 Å². The number of nitrogens with zero attached hydrogens (tertiary/aromatic N) is 6. The second kappa shape index (κ2) is 5.30. The number of hydrogen-bond donors (Lipinski definition) is 1. The summed E-state index contributed by atoms with van der Waals surface area (Å²) in [6, 6.07) is 11.9. The first-order valence-corrected chi connectivity index (χ1v) is 7.76. The Bertz CT molecular complexity index is 896. The van der Waals surface area contributed by atoms with Crippen molar-refractivity contribution in [2.45, 2.75) is 12.8 Å². The molecular formula is C14H13N7S. The zero-order chi connectivity index (χ0) is 14.9. The Labute approximate surface area is 130 Å². The number of nitrogens with one attached hydrogen (secondary N) is 1. The standard InChI is InChI=1S/C14H13N7S/c1-9(14-16-10-4-2-3-5-11(10)22-14)8-15-12-6-7-13-17-19-20-21(13)18-12/h2-7,9H,8H2,1H3,(H,15,18). The lowest BCUT2D eigenvalue weighted by atomic mass is 10.2. The Morgan fingerprint density at radius 2 is 2.14 bits per heavy atom. The van der Waals surface area contributed by atoms with Gasteiger partial charge >= 0.3 is 0 Å². The summed E-state index contributed by atoms with van der Waals surface area (Å²) >= 11 is 1.74. The lowest BCUT2D eigenvalue weighted by molar-refractivity contribution is 0.727. The van der Waals surface area contributed by atoms with Crippen LogP contribution in [-0.2, 0) is 0 Å². The molecule has 0 fully saturated rings. The molecule has 1 N–H and O–H groups in total. The van der Waals surface area contributed by atoms with Crippen molar-refractivity contribution in [3.05, 3.63) is 41.4 Å². The molecule has 0 radical (unpaired) electrons. The maximum absolute atomic E-state index is 4.69. The van der Waals surface area contributed by atoms with Gasteiger partial charge in [-0.3, -0.25) is 0 Å². The summed E-state index contributed by atoms with van der Waals surface area (Å²) in [6.45, 7) is 2.90. The Balaban J connectivity index is 1.50. The molecule has 22 heavy (non-hydrogen) atoms. The minimum Gasteiger partial charge on any atom is -0.368 e. The molecule has 1 aromatic carbocycles. The molecule has 0 saturated heterocycles. The second-order valence-corrected chi connectivity index (χ2v) is 6.11. The molecule has 110 valence electrons. The Morgan fingerprint density at radius 1 is 1.23 bits per heavy atom. The molecule has 0 aliphatic heterocycles. The zero-order valence-electron chi connectivity index (χ0n) is 11.8. The fraction of sp³-hybridized carbons (Fsp3) is 0.214. The maximum atomic E-state index is 4.69. The van der Waals surface area contributed by atoms with Gasteiger partial charge in [-0.1, -0.05) is 19.1 Å². The first-order chi connectivity index (χ1) is 10.8. The zero-order valence-corrected chi connectivity index (χ0v) is 12.7. The van der Waals surface area contributed by atoms with E-state index in [4.69, 9.17) is 0 Å². The summed E-state index contributed by atoms with van der Waals surface area (Å²) in [5.41, 5.74) is 1.69. The van der Waals surface area contributed by atoms with E-state index in [1.54, 1.807) is 11.3 Å². The summed E-state index contributed by atoms with van der Waals surface area (Å²) in [4.78, 5) is 4.69. The summed E-state index contributed by atoms with van der Waals surface area (Å²) in [7, 11) is 0. The highest BCUT2D eigenvalue weighted by atomic mass is 32.1. The smallest absolute Gasteiger partial charge is 0.200 e. The Morgan fingerprint density at radius 3 is 3.05 bits per heavy atom. The number of fused-ring (bicyclic) bond motifs is 2. The van der Waals surface area contributed by atoms with E-state index in [2.05, 4.69) is 43.9 Å². The second-order valence-electron chi connectivity index (χ2n) is 5.05. The highest BCUT2D eigenvalue weighted by Crippen LogP contribution is 2.27. The van der Waals surface area contributed by atoms with Crippen LogP contribution < -0.4 is 5.32 Å². The Kier molecular flexibility index (Phi) is 3.15. The van der Waals surface area contributed by atoms with Crippen LogP contribution in [0.1, 0.15) is 17.8 Å². The SMILES string of the molecule is CC(CNc1ccc2nnnn2n1)c1nc2ccccc2s1. The van der Waals surface area contributed by atoms with Crippen molar-refractivity contribution in [1.29, 1.82) is 0 Å². The average Bonchev–Trinajstić information content (AvgIpc) is 3.18. The number of rotatable bonds is 4. The normalized spacial score (nSPS) is 12.8. The van der Waals surface area contributed by atoms with Gasteiger partial charge in [-0.25, -0.2) is 4.98 Å². The fourth-order valence-corrected chi connectivity index (χ4v) is 3.21. The molecule has 3 heterocycles. The molecule has 0 bridgehead atoms. The lowest BCUT2D eigenvalue weighted by Gasteiger charge is -2.10. The van der Waals surface area contributed by atoms with Gasteiger partial charge in [0, 0.05) is 12.5 Å². The predicted molar refractivity (Wildman–Crippen MR) is 85.1 cm³/mol. The molecule has 8 heteroatoms. The minimum atomic E-state index is 0.295. The number of tetrazole rings is 1. The molecule has 0 aliphatic rings. The van der Waals surface area contributed by atoms with Crippen molar-refractivity contribution >= 4 is 33.0 Å². The molecule has 3 aromatic heterocycles. The van der Waals surface area contributed by atoms with Gasteiger partial charge in [0.1, 0.15) is 5.82 Å². The van der Waals surface area contributed by atoms with Crippen molar-refractivity contribution < 1.29 is 0 Å². The summed E-state index contributed by atoms with van der Waals surface area (Å²) in [5, 5.41) is 19.9. The fourth-order valence-electron chi connectivity index (χ4n) is 2.19. The number of anilines is 1. The van der Waals surface area contributed by atoms with Crippen LogP contribution in [0.25, 0.3) is 15.9 Å². The predicted octanol–water partition coefficient (Wildman–Crippen LogP) is 2.34. The quantitative estimate of drug-likeness (QED) is 0.623. The molecule has 0 amide bonds. The third-order valence-corrected chi connectivity index (χ3v) is 4.66. The largest absolute Gasteiger partial charge is 0.368 e. The van der Waals surface area contributed by atoms with Gasteiger partial charge in [0.2, 0.25) is 0 Å². The average molecular weight is 311 g/mol. The van der Waals surface area contributed by atoms with E-state index < -0.39 is 0 Å². The third-order valence-electron chi connectivity index (χ3n) is 3.39. The van der Waals surface area contributed by atoms with E-state index >= 15 is 0 Å². The number of thiazole rings is 1. The van der Waals surface area contributed by atoms with Crippen LogP contribution in [-0.4, -0.2) is 36.8 Å². The van der Waals surface area contributed by atoms with E-state index in [-0.39, 0.29) is 0 Å². The van der Waals surface area contributed by atoms with Gasteiger partial charge < -0.3 is 5.32 Å². The molecule has 0 spiro atoms. The molecule has 0 aliphatic carbocycles. The van der Waals surface area contributed by atoms with Crippen LogP contribution in [0.15, 0.2) is 36.4 Å². The molecule has 4 aromatic rings. The molecule has 1 unspecified atom stereocenters. The maximum Gasteiger partial charge on any atom is 0.200 e. The molecule has 1 atom stereocenters. The number of para-hydroxylation sites is 1. The van der Waals surface area contributed by atoms with Gasteiger partial charge in [-0.05, 0) is 34.7 Å². The number of benzene rings is 1. The molecular weight excluding hydrogens is 298 g/mol. The van der Waals surface area contributed by atoms with Crippen molar-refractivity contribution in [1.82, 2.24) is 30.2 Å². The lowest BCUT2D eigenvalue weighted by Crippen LogP contribution is -2.11. The van der Waals surface area contributed by atoms with Crippen LogP contribution >= 0.6 is 11.3 Å². The van der Waals surface area contributed by atoms with Crippen LogP contribution in [0.3, 0.4) is 0 Å². The molecule has 7 nitrogen and oxygen atoms in total. The molecule has 0 saturated carbocycles. The van der Waals surface area contributed by atoms with E-state index in [0.717, 1.165) is 22.9 Å². The monoisotopic (exact) mass is 311 g/mol. The van der Waals surface area contributed by atoms with E-state index in [1.165, 1.54) is 9.33 Å². The van der Waals surface area contributed by atoms with Gasteiger partial charge in [0.05, 0.1) is 15.2 Å². The number of aromatic nitrogens is 6. The summed E-state index contributed by atoms with van der Waals surface area (Å²) < 4.78 is 2.63. The summed E-state index contributed by atoms with van der Waals surface area (Å²) in [5.74, 6) is 1.04. The van der Waals surface area contributed by atoms with Crippen LogP contribution in [0.5, 0.6) is 0 Å². The van der Waals surface area contributed by atoms with Crippen LogP contribution in [0, 0.1) is 0 Å². The highest BCUT2D eigenvalue weighted by Gasteiger charge is 2.12. The van der Waals surface area contributed by atoms with Gasteiger partial charge in [0.15, 0.2) is 5.65 Å². The summed E-state index contributed by atoms with van der Waals surface area (Å²) in [6.07, 6.45) is 0. The highest BCUT2D eigenvalue weighted by molar-refractivity contribution is 7.18. The first kappa shape index (κ1) is 13.1. The van der Waals surface area contributed by atoms with E-state index in [1.807, 2.05) is 30.3 Å². The van der Waals surface area contributed by atoms with Gasteiger partial charge in [0.25, 0.3) is 0 Å². The minimum absolute atomic E-state index is 0.295. The first-order valence-electron chi connectivity index (χ1n) is 6.94. The number of hydrogen-bond acceptors (Lipinski definition) is 7. The van der Waals surface area contributed by atoms with Crippen molar-refractivity contribution in [3.8, 4) is 0 Å². The third kappa shape index (κ3) is 2.37. The van der Waals surface area contributed by atoms with Gasteiger partial charge in [-0.2, -0.15) is 0 Å².